The van der Waals surface area contributed by atoms with Gasteiger partial charge in [-0.15, -0.1) is 0 Å². The Morgan fingerprint density at radius 1 is 0.955 bits per heavy atom. The normalized spacial score (nSPS) is 10.4. The van der Waals surface area contributed by atoms with Crippen molar-refractivity contribution in [3.63, 3.8) is 0 Å². The number of hydrogen-bond donors (Lipinski definition) is 1. The molecule has 0 radical (unpaired) electrons. The van der Waals surface area contributed by atoms with Crippen LogP contribution in [0.15, 0.2) is 71.2 Å². The van der Waals surface area contributed by atoms with Gasteiger partial charge in [-0.3, -0.25) is 4.79 Å². The molecule has 110 valence electrons. The first kappa shape index (κ1) is 14.6. The van der Waals surface area contributed by atoms with Crippen LogP contribution in [0.25, 0.3) is 10.8 Å². The van der Waals surface area contributed by atoms with Gasteiger partial charge in [-0.1, -0.05) is 48.5 Å². The summed E-state index contributed by atoms with van der Waals surface area (Å²) >= 11 is 3.39. The lowest BCUT2D eigenvalue weighted by atomic mass is 10.1. The average Bonchev–Trinajstić information content (AvgIpc) is 2.54. The van der Waals surface area contributed by atoms with Crippen molar-refractivity contribution in [2.45, 2.75) is 0 Å². The number of carbonyl (C=O) groups is 1. The highest BCUT2D eigenvalue weighted by Gasteiger charge is 2.07. The van der Waals surface area contributed by atoms with Gasteiger partial charge in [0.25, 0.3) is 5.91 Å². The van der Waals surface area contributed by atoms with Gasteiger partial charge in [0.15, 0.2) is 6.61 Å². The summed E-state index contributed by atoms with van der Waals surface area (Å²) in [6.45, 7) is -0.0359. The number of anilines is 1. The van der Waals surface area contributed by atoms with Crippen LogP contribution in [-0.2, 0) is 4.79 Å². The molecule has 0 aliphatic carbocycles. The number of nitrogens with one attached hydrogen (secondary N) is 1. The largest absolute Gasteiger partial charge is 0.483 e. The van der Waals surface area contributed by atoms with Crippen molar-refractivity contribution in [1.29, 1.82) is 0 Å². The van der Waals surface area contributed by atoms with Crippen molar-refractivity contribution in [3.05, 3.63) is 71.2 Å². The van der Waals surface area contributed by atoms with Crippen LogP contribution in [0.1, 0.15) is 0 Å². The number of carbonyl (C=O) groups excluding carboxylic acids is 1. The van der Waals surface area contributed by atoms with Crippen molar-refractivity contribution < 1.29 is 9.53 Å². The first-order valence-corrected chi connectivity index (χ1v) is 7.68. The first-order chi connectivity index (χ1) is 10.7. The van der Waals surface area contributed by atoms with Crippen LogP contribution in [-0.4, -0.2) is 12.5 Å². The minimum atomic E-state index is -0.188. The Labute approximate surface area is 137 Å². The molecule has 3 rings (SSSR count). The van der Waals surface area contributed by atoms with E-state index in [1.807, 2.05) is 66.7 Å². The fourth-order valence-electron chi connectivity index (χ4n) is 2.23. The van der Waals surface area contributed by atoms with E-state index in [0.717, 1.165) is 20.9 Å². The topological polar surface area (TPSA) is 38.3 Å². The van der Waals surface area contributed by atoms with Crippen LogP contribution < -0.4 is 10.1 Å². The fraction of sp³-hybridized carbons (Fsp3) is 0.0556. The molecule has 0 unspecified atom stereocenters. The maximum Gasteiger partial charge on any atom is 0.262 e. The smallest absolute Gasteiger partial charge is 0.262 e. The maximum atomic E-state index is 12.1. The zero-order chi connectivity index (χ0) is 15.4. The van der Waals surface area contributed by atoms with E-state index in [0.29, 0.717) is 5.75 Å². The summed E-state index contributed by atoms with van der Waals surface area (Å²) in [4.78, 5) is 12.1. The number of amides is 1. The molecule has 0 bridgehead atoms. The molecule has 22 heavy (non-hydrogen) atoms. The van der Waals surface area contributed by atoms with Gasteiger partial charge < -0.3 is 10.1 Å². The summed E-state index contributed by atoms with van der Waals surface area (Å²) in [5, 5.41) is 5.00. The minimum Gasteiger partial charge on any atom is -0.483 e. The second kappa shape index (κ2) is 6.62. The van der Waals surface area contributed by atoms with Gasteiger partial charge in [0.05, 0.1) is 4.47 Å². The van der Waals surface area contributed by atoms with Crippen molar-refractivity contribution in [2.75, 3.05) is 11.9 Å². The molecule has 3 aromatic carbocycles. The van der Waals surface area contributed by atoms with E-state index >= 15 is 0 Å². The van der Waals surface area contributed by atoms with Crippen LogP contribution >= 0.6 is 15.9 Å². The van der Waals surface area contributed by atoms with Crippen molar-refractivity contribution in [2.24, 2.45) is 0 Å². The third-order valence-electron chi connectivity index (χ3n) is 3.26. The van der Waals surface area contributed by atoms with E-state index < -0.39 is 0 Å². The SMILES string of the molecule is O=C(COc1ccccc1Br)Nc1cccc2ccccc12. The van der Waals surface area contributed by atoms with Gasteiger partial charge >= 0.3 is 0 Å². The summed E-state index contributed by atoms with van der Waals surface area (Å²) < 4.78 is 6.35. The number of hydrogen-bond acceptors (Lipinski definition) is 2. The van der Waals surface area contributed by atoms with Crippen LogP contribution in [0.5, 0.6) is 5.75 Å². The highest BCUT2D eigenvalue weighted by molar-refractivity contribution is 9.10. The third kappa shape index (κ3) is 3.28. The monoisotopic (exact) mass is 355 g/mol. The first-order valence-electron chi connectivity index (χ1n) is 6.89. The number of ether oxygens (including phenoxy) is 1. The van der Waals surface area contributed by atoms with Gasteiger partial charge in [0, 0.05) is 11.1 Å². The Kier molecular flexibility index (Phi) is 4.39. The lowest BCUT2D eigenvalue weighted by Gasteiger charge is -2.10. The predicted octanol–water partition coefficient (Wildman–Crippen LogP) is 4.62. The second-order valence-corrected chi connectivity index (χ2v) is 5.65. The molecular formula is C18H14BrNO2. The predicted molar refractivity (Wildman–Crippen MR) is 92.2 cm³/mol. The van der Waals surface area contributed by atoms with Crippen LogP contribution in [0.2, 0.25) is 0 Å². The Hall–Kier alpha value is -2.33. The lowest BCUT2D eigenvalue weighted by molar-refractivity contribution is -0.118. The number of halogens is 1. The molecule has 0 saturated carbocycles. The molecule has 1 amide bonds. The van der Waals surface area contributed by atoms with E-state index in [2.05, 4.69) is 21.2 Å². The summed E-state index contributed by atoms with van der Waals surface area (Å²) in [7, 11) is 0. The van der Waals surface area contributed by atoms with E-state index in [1.54, 1.807) is 0 Å². The summed E-state index contributed by atoms with van der Waals surface area (Å²) in [5.41, 5.74) is 0.791. The quantitative estimate of drug-likeness (QED) is 0.741. The Morgan fingerprint density at radius 3 is 2.55 bits per heavy atom. The molecule has 0 aliphatic rings. The zero-order valence-electron chi connectivity index (χ0n) is 11.8. The van der Waals surface area contributed by atoms with Gasteiger partial charge in [0.2, 0.25) is 0 Å². The molecule has 0 heterocycles. The highest BCUT2D eigenvalue weighted by atomic mass is 79.9. The molecule has 3 nitrogen and oxygen atoms in total. The molecule has 0 aromatic heterocycles. The number of fused-ring (bicyclic) bond motifs is 1. The van der Waals surface area contributed by atoms with Crippen LogP contribution in [0, 0.1) is 0 Å². The zero-order valence-corrected chi connectivity index (χ0v) is 13.3. The molecule has 4 heteroatoms. The van der Waals surface area contributed by atoms with Gasteiger partial charge in [-0.2, -0.15) is 0 Å². The Balaban J connectivity index is 1.70. The molecule has 0 aliphatic heterocycles. The number of benzene rings is 3. The van der Waals surface area contributed by atoms with E-state index in [9.17, 15) is 4.79 Å². The van der Waals surface area contributed by atoms with E-state index in [1.165, 1.54) is 0 Å². The summed E-state index contributed by atoms with van der Waals surface area (Å²) in [6, 6.07) is 21.2. The van der Waals surface area contributed by atoms with Crippen LogP contribution in [0.4, 0.5) is 5.69 Å². The highest BCUT2D eigenvalue weighted by Crippen LogP contribution is 2.25. The molecule has 1 N–H and O–H groups in total. The van der Waals surface area contributed by atoms with Crippen molar-refractivity contribution in [3.8, 4) is 5.75 Å². The number of para-hydroxylation sites is 1. The van der Waals surface area contributed by atoms with Gasteiger partial charge in [-0.05, 0) is 39.5 Å². The molecule has 0 saturated heterocycles. The second-order valence-electron chi connectivity index (χ2n) is 4.79. The maximum absolute atomic E-state index is 12.1. The van der Waals surface area contributed by atoms with E-state index in [-0.39, 0.29) is 12.5 Å². The average molecular weight is 356 g/mol. The molecular weight excluding hydrogens is 342 g/mol. The molecule has 0 atom stereocenters. The third-order valence-corrected chi connectivity index (χ3v) is 3.91. The van der Waals surface area contributed by atoms with Crippen molar-refractivity contribution >= 4 is 38.3 Å². The van der Waals surface area contributed by atoms with E-state index in [4.69, 9.17) is 4.74 Å². The van der Waals surface area contributed by atoms with Crippen LogP contribution in [0.3, 0.4) is 0 Å². The molecule has 0 spiro atoms. The van der Waals surface area contributed by atoms with Gasteiger partial charge in [-0.25, -0.2) is 0 Å². The lowest BCUT2D eigenvalue weighted by Crippen LogP contribution is -2.20. The summed E-state index contributed by atoms with van der Waals surface area (Å²) in [6.07, 6.45) is 0. The fourth-order valence-corrected chi connectivity index (χ4v) is 2.63. The molecule has 0 fully saturated rings. The van der Waals surface area contributed by atoms with Crippen molar-refractivity contribution in [1.82, 2.24) is 0 Å². The Bertz CT molecular complexity index is 812. The minimum absolute atomic E-state index is 0.0359. The standard InChI is InChI=1S/C18H14BrNO2/c19-15-9-3-4-11-17(15)22-12-18(21)20-16-10-5-7-13-6-1-2-8-14(13)16/h1-11H,12H2,(H,20,21). The van der Waals surface area contributed by atoms with Gasteiger partial charge in [0.1, 0.15) is 5.75 Å². The molecule has 3 aromatic rings. The summed E-state index contributed by atoms with van der Waals surface area (Å²) in [5.74, 6) is 0.461. The Morgan fingerprint density at radius 2 is 1.68 bits per heavy atom. The number of rotatable bonds is 4.